The van der Waals surface area contributed by atoms with Crippen LogP contribution in [0.3, 0.4) is 0 Å². The molecule has 1 aliphatic carbocycles. The fourth-order valence-corrected chi connectivity index (χ4v) is 10.3. The molecule has 0 saturated carbocycles. The number of nitrogens with zero attached hydrogens (tertiary/aromatic N) is 3. The zero-order valence-corrected chi connectivity index (χ0v) is 33.1. The summed E-state index contributed by atoms with van der Waals surface area (Å²) in [6.07, 6.45) is 4.32. The van der Waals surface area contributed by atoms with Gasteiger partial charge in [-0.15, -0.1) is 0 Å². The molecule has 5 aliphatic rings. The number of aromatic hydroxyl groups is 1. The summed E-state index contributed by atoms with van der Waals surface area (Å²) in [6, 6.07) is 29.5. The van der Waals surface area contributed by atoms with Gasteiger partial charge in [-0.2, -0.15) is 0 Å². The van der Waals surface area contributed by atoms with Gasteiger partial charge in [0.25, 0.3) is 5.91 Å². The Kier molecular flexibility index (Phi) is 10.3. The van der Waals surface area contributed by atoms with Crippen molar-refractivity contribution in [1.29, 1.82) is 0 Å². The molecule has 1 amide bonds. The van der Waals surface area contributed by atoms with E-state index in [0.717, 1.165) is 64.0 Å². The molecule has 4 aromatic carbocycles. The molecule has 1 N–H and O–H groups in total. The van der Waals surface area contributed by atoms with Crippen molar-refractivity contribution in [2.45, 2.75) is 95.7 Å². The zero-order chi connectivity index (χ0) is 39.3. The minimum atomic E-state index is -0.564. The highest BCUT2D eigenvalue weighted by atomic mass is 16.7. The summed E-state index contributed by atoms with van der Waals surface area (Å²) in [5.41, 5.74) is 10.5. The van der Waals surface area contributed by atoms with Crippen molar-refractivity contribution in [1.82, 2.24) is 9.80 Å². The summed E-state index contributed by atoms with van der Waals surface area (Å²) in [4.78, 5) is 44.0. The first kappa shape index (κ1) is 37.7. The van der Waals surface area contributed by atoms with Crippen LogP contribution in [0.25, 0.3) is 0 Å². The summed E-state index contributed by atoms with van der Waals surface area (Å²) >= 11 is 0. The monoisotopic (exact) mass is 767 g/mol. The minimum absolute atomic E-state index is 0.0276. The minimum Gasteiger partial charge on any atom is -0.508 e. The second kappa shape index (κ2) is 15.5. The lowest BCUT2D eigenvalue weighted by atomic mass is 9.69. The molecule has 57 heavy (non-hydrogen) atoms. The number of fused-ring (bicyclic) bond motifs is 3. The summed E-state index contributed by atoms with van der Waals surface area (Å²) < 4.78 is 13.1. The van der Waals surface area contributed by atoms with Crippen molar-refractivity contribution in [3.63, 3.8) is 0 Å². The molecule has 0 radical (unpaired) electrons. The molecule has 2 saturated heterocycles. The number of anilines is 1. The van der Waals surface area contributed by atoms with E-state index in [4.69, 9.17) is 9.47 Å². The predicted octanol–water partition coefficient (Wildman–Crippen LogP) is 7.51. The molecule has 296 valence electrons. The number of phenolic OH excluding ortho intramolecular Hbond substituents is 1. The van der Waals surface area contributed by atoms with Crippen LogP contribution in [0.15, 0.2) is 84.9 Å². The van der Waals surface area contributed by atoms with Gasteiger partial charge in [0.1, 0.15) is 11.5 Å². The highest BCUT2D eigenvalue weighted by Crippen LogP contribution is 2.47. The average Bonchev–Trinajstić information content (AvgIpc) is 3.76. The molecule has 9 heteroatoms. The standard InChI is InChI=1S/C48H53N3O6/c1-31(52)8-17-45(32(2)53)51-28-39-22-37-26-49(27-38(37)24-44(39)47(51)55)25-33-29-56-48(57-30-33)18-20-50(21-19-48)40-12-9-35(10-13-40)46-42(34-6-4-3-5-7-34)15-11-36-23-41(54)14-16-43(36)46/h3-7,9-10,12-14,16,22-24,33,42,45-46,54H,8,11,15,17-21,25-30H2,1-2H3. The lowest BCUT2D eigenvalue weighted by Crippen LogP contribution is -2.53. The van der Waals surface area contributed by atoms with Gasteiger partial charge in [-0.05, 0) is 108 Å². The van der Waals surface area contributed by atoms with Gasteiger partial charge in [0.15, 0.2) is 11.6 Å². The molecule has 9 rings (SSSR count). The third-order valence-electron chi connectivity index (χ3n) is 13.3. The van der Waals surface area contributed by atoms with E-state index in [1.807, 2.05) is 18.2 Å². The van der Waals surface area contributed by atoms with Crippen LogP contribution in [0.2, 0.25) is 0 Å². The van der Waals surface area contributed by atoms with E-state index in [0.29, 0.717) is 49.8 Å². The Morgan fingerprint density at radius 2 is 1.54 bits per heavy atom. The molecule has 0 bridgehead atoms. The van der Waals surface area contributed by atoms with E-state index in [-0.39, 0.29) is 29.3 Å². The molecule has 2 fully saturated rings. The predicted molar refractivity (Wildman–Crippen MR) is 218 cm³/mol. The van der Waals surface area contributed by atoms with Crippen molar-refractivity contribution in [3.8, 4) is 5.75 Å². The summed E-state index contributed by atoms with van der Waals surface area (Å²) in [5, 5.41) is 10.2. The smallest absolute Gasteiger partial charge is 0.255 e. The topological polar surface area (TPSA) is 99.6 Å². The number of piperidine rings is 1. The lowest BCUT2D eigenvalue weighted by molar-refractivity contribution is -0.291. The number of ketones is 2. The van der Waals surface area contributed by atoms with E-state index in [9.17, 15) is 19.5 Å². The number of Topliss-reactive ketones (excluding diaryl/α,β-unsaturated/α-hetero) is 2. The Labute approximate surface area is 335 Å². The number of aryl methyl sites for hydroxylation is 1. The first-order chi connectivity index (χ1) is 27.6. The van der Waals surface area contributed by atoms with Gasteiger partial charge in [0, 0.05) is 81.6 Å². The lowest BCUT2D eigenvalue weighted by Gasteiger charge is -2.46. The quantitative estimate of drug-likeness (QED) is 0.177. The molecule has 3 unspecified atom stereocenters. The molecule has 4 heterocycles. The largest absolute Gasteiger partial charge is 0.508 e. The van der Waals surface area contributed by atoms with Crippen LogP contribution >= 0.6 is 0 Å². The van der Waals surface area contributed by atoms with E-state index >= 15 is 0 Å². The summed E-state index contributed by atoms with van der Waals surface area (Å²) in [5.74, 6) is 0.530. The van der Waals surface area contributed by atoms with Crippen molar-refractivity contribution >= 4 is 23.2 Å². The van der Waals surface area contributed by atoms with Gasteiger partial charge >= 0.3 is 0 Å². The summed E-state index contributed by atoms with van der Waals surface area (Å²) in [7, 11) is 0. The van der Waals surface area contributed by atoms with Crippen LogP contribution in [0.1, 0.15) is 107 Å². The second-order valence-electron chi connectivity index (χ2n) is 17.1. The normalized spacial score (nSPS) is 22.3. The molecular weight excluding hydrogens is 715 g/mol. The van der Waals surface area contributed by atoms with E-state index in [2.05, 4.69) is 76.5 Å². The molecule has 4 aliphatic heterocycles. The molecule has 4 aromatic rings. The molecule has 0 aromatic heterocycles. The fourth-order valence-electron chi connectivity index (χ4n) is 10.3. The van der Waals surface area contributed by atoms with Gasteiger partial charge in [0.05, 0.1) is 19.3 Å². The van der Waals surface area contributed by atoms with Crippen LogP contribution < -0.4 is 4.90 Å². The number of phenols is 1. The number of rotatable bonds is 10. The Hall–Kier alpha value is -4.83. The van der Waals surface area contributed by atoms with Crippen LogP contribution in [0.4, 0.5) is 5.69 Å². The number of amides is 1. The third kappa shape index (κ3) is 7.53. The average molecular weight is 768 g/mol. The van der Waals surface area contributed by atoms with E-state index in [1.54, 1.807) is 4.90 Å². The first-order valence-electron chi connectivity index (χ1n) is 20.8. The Morgan fingerprint density at radius 1 is 0.825 bits per heavy atom. The molecule has 1 spiro atoms. The fraction of sp³-hybridized carbons (Fsp3) is 0.438. The van der Waals surface area contributed by atoms with Crippen LogP contribution in [0.5, 0.6) is 5.75 Å². The van der Waals surface area contributed by atoms with Crippen molar-refractivity contribution in [3.05, 3.63) is 129 Å². The molecular formula is C48H53N3O6. The van der Waals surface area contributed by atoms with Gasteiger partial charge in [-0.1, -0.05) is 54.6 Å². The maximum Gasteiger partial charge on any atom is 0.255 e. The molecule has 9 nitrogen and oxygen atoms in total. The van der Waals surface area contributed by atoms with Crippen molar-refractivity contribution in [2.75, 3.05) is 37.7 Å². The number of ether oxygens (including phenoxy) is 2. The first-order valence-corrected chi connectivity index (χ1v) is 20.8. The third-order valence-corrected chi connectivity index (χ3v) is 13.3. The second-order valence-corrected chi connectivity index (χ2v) is 17.1. The number of hydrogen-bond acceptors (Lipinski definition) is 8. The van der Waals surface area contributed by atoms with Gasteiger partial charge < -0.3 is 29.2 Å². The molecule has 3 atom stereocenters. The van der Waals surface area contributed by atoms with Crippen LogP contribution in [0, 0.1) is 5.92 Å². The van der Waals surface area contributed by atoms with Gasteiger partial charge in [0.2, 0.25) is 0 Å². The maximum absolute atomic E-state index is 13.4. The Bertz CT molecular complexity index is 2150. The highest BCUT2D eigenvalue weighted by Gasteiger charge is 2.42. The number of hydrogen-bond donors (Lipinski definition) is 1. The SMILES string of the molecule is CC(=O)CCC(C(C)=O)N1Cc2cc3c(cc2C1=O)CN(CC1COC2(CCN(c4ccc(C5c6ccc(O)cc6CCC5c5ccccc5)cc4)CC2)OC1)C3. The van der Waals surface area contributed by atoms with Crippen molar-refractivity contribution < 1.29 is 29.0 Å². The Balaban J connectivity index is 0.782. The number of carbonyl (C=O) groups is 3. The highest BCUT2D eigenvalue weighted by molar-refractivity contribution is 6.01. The number of benzene rings is 4. The van der Waals surface area contributed by atoms with Gasteiger partial charge in [-0.3, -0.25) is 14.5 Å². The maximum atomic E-state index is 13.4. The van der Waals surface area contributed by atoms with Crippen LogP contribution in [-0.4, -0.2) is 77.1 Å². The zero-order valence-electron chi connectivity index (χ0n) is 33.1. The van der Waals surface area contributed by atoms with E-state index < -0.39 is 11.8 Å². The van der Waals surface area contributed by atoms with Crippen molar-refractivity contribution in [2.24, 2.45) is 5.92 Å². The van der Waals surface area contributed by atoms with E-state index in [1.165, 1.54) is 52.9 Å². The van der Waals surface area contributed by atoms with Crippen LogP contribution in [-0.2, 0) is 45.1 Å². The number of carbonyl (C=O) groups excluding carboxylic acids is 3. The summed E-state index contributed by atoms with van der Waals surface area (Å²) in [6.45, 7) is 8.97. The van der Waals surface area contributed by atoms with Gasteiger partial charge in [-0.25, -0.2) is 0 Å². The Morgan fingerprint density at radius 3 is 2.25 bits per heavy atom.